The summed E-state index contributed by atoms with van der Waals surface area (Å²) >= 11 is 0. The molecule has 13 heavy (non-hydrogen) atoms. The van der Waals surface area contributed by atoms with Crippen molar-refractivity contribution in [2.75, 3.05) is 14.1 Å². The van der Waals surface area contributed by atoms with Gasteiger partial charge in [0, 0.05) is 19.7 Å². The molecular weight excluding hydrogens is 190 g/mol. The largest absolute Gasteiger partial charge is 0.278 e. The van der Waals surface area contributed by atoms with E-state index in [1.54, 1.807) is 14.1 Å². The Labute approximate surface area is 85.7 Å². The van der Waals surface area contributed by atoms with E-state index < -0.39 is 0 Å². The zero-order valence-electron chi connectivity index (χ0n) is 8.39. The normalized spacial score (nSPS) is 8.85. The van der Waals surface area contributed by atoms with Crippen molar-refractivity contribution in [3.8, 4) is 0 Å². The highest BCUT2D eigenvalue weighted by Gasteiger charge is 2.12. The van der Waals surface area contributed by atoms with E-state index in [9.17, 15) is 4.79 Å². The maximum Gasteiger partial charge on any atom is 0.278 e. The van der Waals surface area contributed by atoms with Crippen molar-refractivity contribution in [3.63, 3.8) is 0 Å². The average molecular weight is 208 g/mol. The van der Waals surface area contributed by atoms with Crippen molar-refractivity contribution in [1.82, 2.24) is 16.0 Å². The predicted molar refractivity (Wildman–Crippen MR) is 56.3 cm³/mol. The van der Waals surface area contributed by atoms with Crippen LogP contribution < -0.4 is 10.9 Å². The van der Waals surface area contributed by atoms with Crippen LogP contribution in [0.2, 0.25) is 0 Å². The molecule has 0 aliphatic rings. The lowest BCUT2D eigenvalue weighted by atomic mass is 10.2. The van der Waals surface area contributed by atoms with Crippen LogP contribution in [0.5, 0.6) is 0 Å². The summed E-state index contributed by atoms with van der Waals surface area (Å²) < 4.78 is 0. The van der Waals surface area contributed by atoms with Crippen LogP contribution in [-0.4, -0.2) is 25.1 Å². The molecule has 0 aliphatic carbocycles. The molecule has 1 amide bonds. The maximum absolute atomic E-state index is 11.4. The van der Waals surface area contributed by atoms with Gasteiger partial charge in [-0.1, -0.05) is 19.9 Å². The summed E-state index contributed by atoms with van der Waals surface area (Å²) in [6.45, 7) is 5.71. The van der Waals surface area contributed by atoms with E-state index in [1.165, 1.54) is 5.12 Å². The number of hydrazine groups is 2. The van der Waals surface area contributed by atoms with Gasteiger partial charge in [-0.2, -0.15) is 0 Å². The van der Waals surface area contributed by atoms with Crippen LogP contribution >= 0.6 is 12.4 Å². The van der Waals surface area contributed by atoms with Gasteiger partial charge >= 0.3 is 0 Å². The number of hydrogen-bond acceptors (Lipinski definition) is 3. The number of amides is 1. The lowest BCUT2D eigenvalue weighted by Gasteiger charge is -2.20. The zero-order chi connectivity index (χ0) is 9.56. The molecular formula is C8H18ClN3O. The van der Waals surface area contributed by atoms with Crippen LogP contribution in [0.3, 0.4) is 0 Å². The standard InChI is InChI=1S/C8H17N3O.ClH/c1-5-6-7(2)8(12)11(9-3)10-4;/h9-10H,2,5-6H2,1,3-4H3;1H. The third-order valence-corrected chi connectivity index (χ3v) is 1.50. The number of halogens is 1. The summed E-state index contributed by atoms with van der Waals surface area (Å²) in [6.07, 6.45) is 1.67. The number of carbonyl (C=O) groups excluding carboxylic acids is 1. The molecule has 2 N–H and O–H groups in total. The Kier molecular flexibility index (Phi) is 9.22. The van der Waals surface area contributed by atoms with Gasteiger partial charge in [-0.15, -0.1) is 12.4 Å². The molecule has 4 nitrogen and oxygen atoms in total. The van der Waals surface area contributed by atoms with Gasteiger partial charge in [-0.05, 0) is 6.42 Å². The molecule has 0 fully saturated rings. The Hall–Kier alpha value is -0.580. The van der Waals surface area contributed by atoms with Crippen molar-refractivity contribution in [3.05, 3.63) is 12.2 Å². The highest BCUT2D eigenvalue weighted by molar-refractivity contribution is 5.92. The van der Waals surface area contributed by atoms with Gasteiger partial charge in [-0.25, -0.2) is 16.0 Å². The summed E-state index contributed by atoms with van der Waals surface area (Å²) in [7, 11) is 3.35. The molecule has 0 aromatic heterocycles. The molecule has 0 aliphatic heterocycles. The van der Waals surface area contributed by atoms with Crippen LogP contribution in [-0.2, 0) is 4.79 Å². The fourth-order valence-electron chi connectivity index (χ4n) is 0.882. The van der Waals surface area contributed by atoms with Crippen molar-refractivity contribution < 1.29 is 4.79 Å². The van der Waals surface area contributed by atoms with Crippen molar-refractivity contribution in [1.29, 1.82) is 0 Å². The Morgan fingerprint density at radius 3 is 2.15 bits per heavy atom. The SMILES string of the molecule is C=C(CCC)C(=O)N(NC)NC.Cl. The Morgan fingerprint density at radius 2 is 1.85 bits per heavy atom. The second-order valence-corrected chi connectivity index (χ2v) is 2.44. The second kappa shape index (κ2) is 8.04. The quantitative estimate of drug-likeness (QED) is 0.519. The number of hydrogen-bond donors (Lipinski definition) is 2. The number of nitrogens with zero attached hydrogens (tertiary/aromatic N) is 1. The number of carbonyl (C=O) groups is 1. The summed E-state index contributed by atoms with van der Waals surface area (Å²) in [5.74, 6) is -0.109. The van der Waals surface area contributed by atoms with Gasteiger partial charge in [0.15, 0.2) is 0 Å². The average Bonchev–Trinajstić information content (AvgIpc) is 2.07. The Morgan fingerprint density at radius 1 is 1.38 bits per heavy atom. The summed E-state index contributed by atoms with van der Waals surface area (Å²) in [5.41, 5.74) is 6.02. The first kappa shape index (κ1) is 14.9. The molecule has 0 atom stereocenters. The first-order valence-electron chi connectivity index (χ1n) is 4.04. The molecule has 0 aromatic carbocycles. The maximum atomic E-state index is 11.4. The molecule has 0 heterocycles. The van der Waals surface area contributed by atoms with Crippen LogP contribution in [0, 0.1) is 0 Å². The molecule has 0 radical (unpaired) electrons. The van der Waals surface area contributed by atoms with Gasteiger partial charge in [0.1, 0.15) is 0 Å². The molecule has 0 saturated heterocycles. The zero-order valence-corrected chi connectivity index (χ0v) is 9.20. The van der Waals surface area contributed by atoms with E-state index in [0.29, 0.717) is 5.57 Å². The third kappa shape index (κ3) is 4.87. The molecule has 0 saturated carbocycles. The monoisotopic (exact) mass is 207 g/mol. The van der Waals surface area contributed by atoms with Gasteiger partial charge in [0.2, 0.25) is 0 Å². The van der Waals surface area contributed by atoms with Gasteiger partial charge < -0.3 is 0 Å². The van der Waals surface area contributed by atoms with E-state index in [4.69, 9.17) is 0 Å². The molecule has 5 heteroatoms. The van der Waals surface area contributed by atoms with Gasteiger partial charge in [0.05, 0.1) is 0 Å². The topological polar surface area (TPSA) is 44.4 Å². The Balaban J connectivity index is 0. The summed E-state index contributed by atoms with van der Waals surface area (Å²) in [4.78, 5) is 11.4. The third-order valence-electron chi connectivity index (χ3n) is 1.50. The first-order chi connectivity index (χ1) is 5.67. The second-order valence-electron chi connectivity index (χ2n) is 2.44. The van der Waals surface area contributed by atoms with Crippen LogP contribution in [0.1, 0.15) is 19.8 Å². The molecule has 0 bridgehead atoms. The highest BCUT2D eigenvalue weighted by atomic mass is 35.5. The Bertz CT molecular complexity index is 169. The summed E-state index contributed by atoms with van der Waals surface area (Å²) in [5, 5.41) is 1.30. The first-order valence-corrected chi connectivity index (χ1v) is 4.04. The van der Waals surface area contributed by atoms with Crippen molar-refractivity contribution in [2.24, 2.45) is 0 Å². The van der Waals surface area contributed by atoms with Crippen molar-refractivity contribution in [2.45, 2.75) is 19.8 Å². The van der Waals surface area contributed by atoms with E-state index in [2.05, 4.69) is 17.4 Å². The fourth-order valence-corrected chi connectivity index (χ4v) is 0.882. The fraction of sp³-hybridized carbons (Fsp3) is 0.625. The number of nitrogens with one attached hydrogen (secondary N) is 2. The molecule has 78 valence electrons. The lowest BCUT2D eigenvalue weighted by Crippen LogP contribution is -2.48. The van der Waals surface area contributed by atoms with Crippen LogP contribution in [0.25, 0.3) is 0 Å². The van der Waals surface area contributed by atoms with E-state index >= 15 is 0 Å². The number of rotatable bonds is 5. The van der Waals surface area contributed by atoms with Crippen LogP contribution in [0.4, 0.5) is 0 Å². The van der Waals surface area contributed by atoms with Gasteiger partial charge in [-0.3, -0.25) is 4.79 Å². The van der Waals surface area contributed by atoms with Crippen LogP contribution in [0.15, 0.2) is 12.2 Å². The minimum Gasteiger partial charge on any atom is -0.267 e. The smallest absolute Gasteiger partial charge is 0.267 e. The van der Waals surface area contributed by atoms with E-state index in [1.807, 2.05) is 6.92 Å². The molecule has 0 spiro atoms. The van der Waals surface area contributed by atoms with E-state index in [0.717, 1.165) is 12.8 Å². The molecule has 0 aromatic rings. The molecule has 0 rings (SSSR count). The minimum absolute atomic E-state index is 0. The summed E-state index contributed by atoms with van der Waals surface area (Å²) in [6, 6.07) is 0. The minimum atomic E-state index is -0.109. The van der Waals surface area contributed by atoms with Gasteiger partial charge in [0.25, 0.3) is 5.91 Å². The highest BCUT2D eigenvalue weighted by Crippen LogP contribution is 2.03. The lowest BCUT2D eigenvalue weighted by molar-refractivity contribution is -0.133. The molecule has 0 unspecified atom stereocenters. The van der Waals surface area contributed by atoms with E-state index in [-0.39, 0.29) is 18.3 Å². The van der Waals surface area contributed by atoms with Crippen molar-refractivity contribution >= 4 is 18.3 Å². The predicted octanol–water partition coefficient (Wildman–Crippen LogP) is 0.862.